The highest BCUT2D eigenvalue weighted by Crippen LogP contribution is 2.29. The molecule has 1 heterocycles. The van der Waals surface area contributed by atoms with E-state index in [1.807, 2.05) is 0 Å². The van der Waals surface area contributed by atoms with Gasteiger partial charge in [0.2, 0.25) is 5.91 Å². The molecule has 2 amide bonds. The molecular formula is C18H19N3O4. The molecule has 7 nitrogen and oxygen atoms in total. The highest BCUT2D eigenvalue weighted by molar-refractivity contribution is 6.10. The van der Waals surface area contributed by atoms with E-state index in [0.29, 0.717) is 53.1 Å². The van der Waals surface area contributed by atoms with Gasteiger partial charge >= 0.3 is 0 Å². The van der Waals surface area contributed by atoms with E-state index < -0.39 is 5.91 Å². The van der Waals surface area contributed by atoms with Crippen molar-refractivity contribution in [3.8, 4) is 5.88 Å². The van der Waals surface area contributed by atoms with E-state index in [-0.39, 0.29) is 5.91 Å². The second kappa shape index (κ2) is 7.21. The first-order valence-corrected chi connectivity index (χ1v) is 8.06. The van der Waals surface area contributed by atoms with Gasteiger partial charge in [-0.05, 0) is 49.0 Å². The van der Waals surface area contributed by atoms with Gasteiger partial charge in [0, 0.05) is 16.8 Å². The molecule has 130 valence electrons. The fourth-order valence-corrected chi connectivity index (χ4v) is 2.87. The predicted octanol–water partition coefficient (Wildman–Crippen LogP) is 2.69. The van der Waals surface area contributed by atoms with Gasteiger partial charge < -0.3 is 20.3 Å². The number of hydrogen-bond donors (Lipinski definition) is 2. The Hall–Kier alpha value is -3.09. The summed E-state index contributed by atoms with van der Waals surface area (Å²) in [7, 11) is 0. The molecule has 7 heteroatoms. The average Bonchev–Trinajstić information content (AvgIpc) is 3.02. The van der Waals surface area contributed by atoms with Crippen LogP contribution in [0.1, 0.15) is 25.7 Å². The van der Waals surface area contributed by atoms with E-state index in [9.17, 15) is 9.59 Å². The zero-order chi connectivity index (χ0) is 17.8. The second-order valence-corrected chi connectivity index (χ2v) is 5.78. The summed E-state index contributed by atoms with van der Waals surface area (Å²) in [5, 5.41) is 7.31. The van der Waals surface area contributed by atoms with Crippen LogP contribution in [0.3, 0.4) is 0 Å². The molecular weight excluding hydrogens is 322 g/mol. The minimum Gasteiger partial charge on any atom is -0.471 e. The minimum atomic E-state index is -0.528. The summed E-state index contributed by atoms with van der Waals surface area (Å²) in [6, 6.07) is 5.12. The molecule has 0 bridgehead atoms. The molecule has 2 aromatic rings. The molecule has 0 saturated heterocycles. The normalized spacial score (nSPS) is 14.4. The summed E-state index contributed by atoms with van der Waals surface area (Å²) in [6.45, 7) is 3.89. The Kier molecular flexibility index (Phi) is 4.83. The fourth-order valence-electron chi connectivity index (χ4n) is 2.87. The Morgan fingerprint density at radius 1 is 1.32 bits per heavy atom. The van der Waals surface area contributed by atoms with Crippen molar-refractivity contribution in [1.82, 2.24) is 5.16 Å². The molecule has 0 atom stereocenters. The van der Waals surface area contributed by atoms with Gasteiger partial charge in [-0.1, -0.05) is 12.7 Å². The summed E-state index contributed by atoms with van der Waals surface area (Å²) in [5.41, 5.74) is 7.39. The Labute approximate surface area is 144 Å². The van der Waals surface area contributed by atoms with Crippen molar-refractivity contribution in [1.29, 1.82) is 0 Å². The standard InChI is InChI=1S/C18H19N3O4/c1-2-9-24-18-14-10-11(7-8-15(14)25-21-18)20-17(23)13-6-4-3-5-12(13)16(19)22/h2,7-8,10H,1,3-6,9H2,(H2,19,22)(H,20,23). The lowest BCUT2D eigenvalue weighted by Crippen LogP contribution is -2.24. The number of fused-ring (bicyclic) bond motifs is 1. The number of rotatable bonds is 6. The van der Waals surface area contributed by atoms with Crippen molar-refractivity contribution in [2.75, 3.05) is 11.9 Å². The summed E-state index contributed by atoms with van der Waals surface area (Å²) in [5.74, 6) is -0.502. The fraction of sp³-hybridized carbons (Fsp3) is 0.278. The molecule has 0 saturated carbocycles. The summed E-state index contributed by atoms with van der Waals surface area (Å²) >= 11 is 0. The van der Waals surface area contributed by atoms with E-state index in [0.717, 1.165) is 12.8 Å². The van der Waals surface area contributed by atoms with E-state index in [1.165, 1.54) is 0 Å². The number of nitrogens with two attached hydrogens (primary N) is 1. The lowest BCUT2D eigenvalue weighted by Gasteiger charge is -2.17. The maximum absolute atomic E-state index is 12.6. The smallest absolute Gasteiger partial charge is 0.262 e. The van der Waals surface area contributed by atoms with Crippen molar-refractivity contribution in [2.24, 2.45) is 5.73 Å². The number of nitrogens with one attached hydrogen (secondary N) is 1. The Bertz CT molecular complexity index is 866. The van der Waals surface area contributed by atoms with Crippen LogP contribution in [0.25, 0.3) is 11.0 Å². The molecule has 25 heavy (non-hydrogen) atoms. The van der Waals surface area contributed by atoms with E-state index in [1.54, 1.807) is 24.3 Å². The highest BCUT2D eigenvalue weighted by atomic mass is 16.5. The lowest BCUT2D eigenvalue weighted by atomic mass is 9.90. The highest BCUT2D eigenvalue weighted by Gasteiger charge is 2.22. The third-order valence-corrected chi connectivity index (χ3v) is 4.07. The van der Waals surface area contributed by atoms with Gasteiger partial charge in [0.25, 0.3) is 11.8 Å². The summed E-state index contributed by atoms with van der Waals surface area (Å²) in [6.07, 6.45) is 4.43. The number of amides is 2. The zero-order valence-corrected chi connectivity index (χ0v) is 13.7. The Morgan fingerprint density at radius 3 is 2.80 bits per heavy atom. The predicted molar refractivity (Wildman–Crippen MR) is 93.0 cm³/mol. The Morgan fingerprint density at radius 2 is 2.08 bits per heavy atom. The number of carbonyl (C=O) groups excluding carboxylic acids is 2. The molecule has 3 rings (SSSR count). The van der Waals surface area contributed by atoms with Crippen LogP contribution in [0.5, 0.6) is 5.88 Å². The maximum atomic E-state index is 12.6. The molecule has 0 spiro atoms. The molecule has 0 aliphatic heterocycles. The lowest BCUT2D eigenvalue weighted by molar-refractivity contribution is -0.116. The van der Waals surface area contributed by atoms with E-state index in [2.05, 4.69) is 17.1 Å². The monoisotopic (exact) mass is 341 g/mol. The summed E-state index contributed by atoms with van der Waals surface area (Å²) in [4.78, 5) is 24.1. The molecule has 1 aliphatic rings. The van der Waals surface area contributed by atoms with Gasteiger partial charge in [-0.2, -0.15) is 0 Å². The number of aromatic nitrogens is 1. The van der Waals surface area contributed by atoms with Crippen LogP contribution >= 0.6 is 0 Å². The molecule has 1 aromatic heterocycles. The number of nitrogens with zero attached hydrogens (tertiary/aromatic N) is 1. The maximum Gasteiger partial charge on any atom is 0.262 e. The number of benzene rings is 1. The van der Waals surface area contributed by atoms with Gasteiger partial charge in [0.15, 0.2) is 5.58 Å². The topological polar surface area (TPSA) is 107 Å². The van der Waals surface area contributed by atoms with Crippen molar-refractivity contribution >= 4 is 28.5 Å². The van der Waals surface area contributed by atoms with Gasteiger partial charge in [0.1, 0.15) is 6.61 Å². The van der Waals surface area contributed by atoms with Gasteiger partial charge in [-0.15, -0.1) is 0 Å². The molecule has 0 fully saturated rings. The van der Waals surface area contributed by atoms with Crippen LogP contribution in [0, 0.1) is 0 Å². The van der Waals surface area contributed by atoms with Crippen LogP contribution in [0.4, 0.5) is 5.69 Å². The number of carbonyl (C=O) groups is 2. The van der Waals surface area contributed by atoms with Gasteiger partial charge in [-0.3, -0.25) is 9.59 Å². The minimum absolute atomic E-state index is 0.299. The van der Waals surface area contributed by atoms with Crippen molar-refractivity contribution in [2.45, 2.75) is 25.7 Å². The molecule has 1 aromatic carbocycles. The van der Waals surface area contributed by atoms with Crippen molar-refractivity contribution < 1.29 is 18.8 Å². The summed E-state index contributed by atoms with van der Waals surface area (Å²) < 4.78 is 10.6. The van der Waals surface area contributed by atoms with Crippen molar-refractivity contribution in [3.63, 3.8) is 0 Å². The van der Waals surface area contributed by atoms with Crippen LogP contribution in [-0.2, 0) is 9.59 Å². The van der Waals surface area contributed by atoms with E-state index in [4.69, 9.17) is 15.0 Å². The van der Waals surface area contributed by atoms with Gasteiger partial charge in [0.05, 0.1) is 5.39 Å². The molecule has 0 radical (unpaired) electrons. The first kappa shape index (κ1) is 16.8. The first-order chi connectivity index (χ1) is 12.1. The SMILES string of the molecule is C=CCOc1noc2ccc(NC(=O)C3=C(C(N)=O)CCCC3)cc12. The van der Waals surface area contributed by atoms with E-state index >= 15 is 0 Å². The second-order valence-electron chi connectivity index (χ2n) is 5.78. The Balaban J connectivity index is 1.85. The van der Waals surface area contributed by atoms with Gasteiger partial charge in [-0.25, -0.2) is 0 Å². The molecule has 3 N–H and O–H groups in total. The van der Waals surface area contributed by atoms with Crippen LogP contribution < -0.4 is 15.8 Å². The number of primary amides is 1. The van der Waals surface area contributed by atoms with Crippen molar-refractivity contribution in [3.05, 3.63) is 42.0 Å². The third kappa shape index (κ3) is 3.55. The van der Waals surface area contributed by atoms with Crippen LogP contribution in [0.2, 0.25) is 0 Å². The average molecular weight is 341 g/mol. The largest absolute Gasteiger partial charge is 0.471 e. The number of hydrogen-bond acceptors (Lipinski definition) is 5. The molecule has 0 unspecified atom stereocenters. The van der Waals surface area contributed by atoms with Crippen LogP contribution in [-0.4, -0.2) is 23.6 Å². The zero-order valence-electron chi connectivity index (χ0n) is 13.7. The third-order valence-electron chi connectivity index (χ3n) is 4.07. The quantitative estimate of drug-likeness (QED) is 0.786. The molecule has 1 aliphatic carbocycles. The number of anilines is 1. The number of ether oxygens (including phenoxy) is 1. The first-order valence-electron chi connectivity index (χ1n) is 8.06. The van der Waals surface area contributed by atoms with Crippen LogP contribution in [0.15, 0.2) is 46.5 Å².